The first kappa shape index (κ1) is 14.3. The molecule has 1 saturated heterocycles. The second-order valence-electron chi connectivity index (χ2n) is 4.78. The SMILES string of the molecule is N#CCCN1CCN(C(=O)c2ccc(N)c(F)c2)CC1. The number of nitriles is 1. The minimum Gasteiger partial charge on any atom is -0.396 e. The maximum absolute atomic E-state index is 13.4. The summed E-state index contributed by atoms with van der Waals surface area (Å²) in [6.45, 7) is 3.40. The number of nitrogens with two attached hydrogens (primary N) is 1. The van der Waals surface area contributed by atoms with Crippen molar-refractivity contribution in [3.8, 4) is 6.07 Å². The van der Waals surface area contributed by atoms with Gasteiger partial charge in [0.1, 0.15) is 5.82 Å². The molecule has 0 unspecified atom stereocenters. The lowest BCUT2D eigenvalue weighted by molar-refractivity contribution is 0.0639. The Kier molecular flexibility index (Phi) is 4.53. The van der Waals surface area contributed by atoms with Gasteiger partial charge in [-0.15, -0.1) is 0 Å². The van der Waals surface area contributed by atoms with Gasteiger partial charge in [-0.25, -0.2) is 4.39 Å². The number of piperazine rings is 1. The summed E-state index contributed by atoms with van der Waals surface area (Å²) >= 11 is 0. The van der Waals surface area contributed by atoms with Crippen molar-refractivity contribution < 1.29 is 9.18 Å². The Morgan fingerprint density at radius 3 is 2.65 bits per heavy atom. The van der Waals surface area contributed by atoms with Crippen LogP contribution in [0.3, 0.4) is 0 Å². The van der Waals surface area contributed by atoms with Crippen molar-refractivity contribution in [2.45, 2.75) is 6.42 Å². The van der Waals surface area contributed by atoms with Crippen molar-refractivity contribution in [3.63, 3.8) is 0 Å². The highest BCUT2D eigenvalue weighted by atomic mass is 19.1. The molecule has 106 valence electrons. The van der Waals surface area contributed by atoms with E-state index in [1.807, 2.05) is 0 Å². The van der Waals surface area contributed by atoms with Crippen molar-refractivity contribution in [1.29, 1.82) is 5.26 Å². The molecule has 0 radical (unpaired) electrons. The number of hydrogen-bond donors (Lipinski definition) is 1. The quantitative estimate of drug-likeness (QED) is 0.838. The first-order valence-electron chi connectivity index (χ1n) is 6.55. The van der Waals surface area contributed by atoms with Gasteiger partial charge in [-0.3, -0.25) is 9.69 Å². The Hall–Kier alpha value is -2.13. The molecule has 1 amide bonds. The van der Waals surface area contributed by atoms with Crippen LogP contribution in [-0.4, -0.2) is 48.4 Å². The van der Waals surface area contributed by atoms with Gasteiger partial charge < -0.3 is 10.6 Å². The Balaban J connectivity index is 1.94. The summed E-state index contributed by atoms with van der Waals surface area (Å²) in [5.41, 5.74) is 5.76. The summed E-state index contributed by atoms with van der Waals surface area (Å²) in [4.78, 5) is 16.1. The summed E-state index contributed by atoms with van der Waals surface area (Å²) < 4.78 is 13.4. The molecular formula is C14H17FN4O. The van der Waals surface area contributed by atoms with E-state index in [1.165, 1.54) is 12.1 Å². The number of amides is 1. The summed E-state index contributed by atoms with van der Waals surface area (Å²) in [7, 11) is 0. The standard InChI is InChI=1S/C14H17FN4O/c15-12-10-11(2-3-13(12)17)14(20)19-8-6-18(7-9-19)5-1-4-16/h2-3,10H,1,5-9,17H2. The molecule has 2 N–H and O–H groups in total. The highest BCUT2D eigenvalue weighted by Crippen LogP contribution is 2.15. The first-order valence-corrected chi connectivity index (χ1v) is 6.55. The van der Waals surface area contributed by atoms with Crippen LogP contribution in [0.25, 0.3) is 0 Å². The molecule has 1 heterocycles. The van der Waals surface area contributed by atoms with E-state index >= 15 is 0 Å². The molecule has 1 aliphatic rings. The van der Waals surface area contributed by atoms with Gasteiger partial charge in [0.25, 0.3) is 5.91 Å². The highest BCUT2D eigenvalue weighted by Gasteiger charge is 2.22. The van der Waals surface area contributed by atoms with Gasteiger partial charge in [0.05, 0.1) is 11.8 Å². The van der Waals surface area contributed by atoms with Gasteiger partial charge in [0.15, 0.2) is 0 Å². The molecular weight excluding hydrogens is 259 g/mol. The van der Waals surface area contributed by atoms with E-state index in [1.54, 1.807) is 11.0 Å². The topological polar surface area (TPSA) is 73.4 Å². The molecule has 0 aromatic heterocycles. The molecule has 1 fully saturated rings. The number of carbonyl (C=O) groups is 1. The molecule has 1 aromatic carbocycles. The van der Waals surface area contributed by atoms with Crippen LogP contribution in [-0.2, 0) is 0 Å². The number of anilines is 1. The normalized spacial score (nSPS) is 15.9. The average Bonchev–Trinajstić information content (AvgIpc) is 2.48. The first-order chi connectivity index (χ1) is 9.61. The maximum Gasteiger partial charge on any atom is 0.254 e. The predicted octanol–water partition coefficient (Wildman–Crippen LogP) is 1.08. The smallest absolute Gasteiger partial charge is 0.254 e. The zero-order chi connectivity index (χ0) is 14.5. The Bertz CT molecular complexity index is 532. The summed E-state index contributed by atoms with van der Waals surface area (Å²) in [6, 6.07) is 6.24. The zero-order valence-electron chi connectivity index (χ0n) is 11.2. The third-order valence-electron chi connectivity index (χ3n) is 3.45. The number of nitrogens with zero attached hydrogens (tertiary/aromatic N) is 3. The molecule has 6 heteroatoms. The summed E-state index contributed by atoms with van der Waals surface area (Å²) in [6.07, 6.45) is 0.497. The maximum atomic E-state index is 13.4. The number of rotatable bonds is 3. The second kappa shape index (κ2) is 6.35. The van der Waals surface area contributed by atoms with Crippen LogP contribution in [0.4, 0.5) is 10.1 Å². The van der Waals surface area contributed by atoms with Crippen LogP contribution in [0.15, 0.2) is 18.2 Å². The summed E-state index contributed by atoms with van der Waals surface area (Å²) in [5, 5.41) is 8.55. The van der Waals surface area contributed by atoms with Crippen LogP contribution in [0.5, 0.6) is 0 Å². The molecule has 20 heavy (non-hydrogen) atoms. The average molecular weight is 276 g/mol. The van der Waals surface area contributed by atoms with Crippen molar-refractivity contribution in [1.82, 2.24) is 9.80 Å². The van der Waals surface area contributed by atoms with Crippen LogP contribution >= 0.6 is 0 Å². The van der Waals surface area contributed by atoms with Gasteiger partial charge in [-0.05, 0) is 18.2 Å². The Morgan fingerprint density at radius 1 is 1.35 bits per heavy atom. The Labute approximate surface area is 117 Å². The van der Waals surface area contributed by atoms with E-state index < -0.39 is 5.82 Å². The monoisotopic (exact) mass is 276 g/mol. The molecule has 1 aliphatic heterocycles. The molecule has 0 spiro atoms. The van der Waals surface area contributed by atoms with E-state index in [2.05, 4.69) is 11.0 Å². The minimum absolute atomic E-state index is 0.0443. The number of nitrogen functional groups attached to an aromatic ring is 1. The van der Waals surface area contributed by atoms with Crippen LogP contribution in [0, 0.1) is 17.1 Å². The molecule has 0 bridgehead atoms. The lowest BCUT2D eigenvalue weighted by atomic mass is 10.1. The van der Waals surface area contributed by atoms with Gasteiger partial charge in [-0.1, -0.05) is 0 Å². The lowest BCUT2D eigenvalue weighted by Crippen LogP contribution is -2.48. The van der Waals surface area contributed by atoms with E-state index in [0.717, 1.165) is 19.6 Å². The minimum atomic E-state index is -0.566. The van der Waals surface area contributed by atoms with Crippen LogP contribution in [0.2, 0.25) is 0 Å². The molecule has 2 rings (SSSR count). The van der Waals surface area contributed by atoms with Crippen molar-refractivity contribution in [3.05, 3.63) is 29.6 Å². The predicted molar refractivity (Wildman–Crippen MR) is 73.4 cm³/mol. The molecule has 0 aliphatic carbocycles. The van der Waals surface area contributed by atoms with Crippen LogP contribution < -0.4 is 5.73 Å². The number of carbonyl (C=O) groups excluding carboxylic acids is 1. The molecule has 1 aromatic rings. The third kappa shape index (κ3) is 3.25. The number of benzene rings is 1. The fourth-order valence-electron chi connectivity index (χ4n) is 2.23. The summed E-state index contributed by atoms with van der Waals surface area (Å²) in [5.74, 6) is -0.743. The molecule has 5 nitrogen and oxygen atoms in total. The zero-order valence-corrected chi connectivity index (χ0v) is 11.2. The molecule has 0 saturated carbocycles. The van der Waals surface area contributed by atoms with Gasteiger partial charge in [-0.2, -0.15) is 5.26 Å². The Morgan fingerprint density at radius 2 is 2.05 bits per heavy atom. The van der Waals surface area contributed by atoms with Crippen molar-refractivity contribution >= 4 is 11.6 Å². The van der Waals surface area contributed by atoms with E-state index in [-0.39, 0.29) is 11.6 Å². The van der Waals surface area contributed by atoms with E-state index in [4.69, 9.17) is 11.0 Å². The van der Waals surface area contributed by atoms with Crippen LogP contribution in [0.1, 0.15) is 16.8 Å². The van der Waals surface area contributed by atoms with E-state index in [9.17, 15) is 9.18 Å². The van der Waals surface area contributed by atoms with Gasteiger partial charge >= 0.3 is 0 Å². The van der Waals surface area contributed by atoms with Crippen molar-refractivity contribution in [2.24, 2.45) is 0 Å². The van der Waals surface area contributed by atoms with E-state index in [0.29, 0.717) is 25.1 Å². The molecule has 0 atom stereocenters. The largest absolute Gasteiger partial charge is 0.396 e. The van der Waals surface area contributed by atoms with Gasteiger partial charge in [0, 0.05) is 44.7 Å². The fraction of sp³-hybridized carbons (Fsp3) is 0.429. The number of halogens is 1. The third-order valence-corrected chi connectivity index (χ3v) is 3.45. The highest BCUT2D eigenvalue weighted by molar-refractivity contribution is 5.94. The van der Waals surface area contributed by atoms with Gasteiger partial charge in [0.2, 0.25) is 0 Å². The van der Waals surface area contributed by atoms with Crippen molar-refractivity contribution in [2.75, 3.05) is 38.5 Å². The second-order valence-corrected chi connectivity index (χ2v) is 4.78. The lowest BCUT2D eigenvalue weighted by Gasteiger charge is -2.34. The number of hydrogen-bond acceptors (Lipinski definition) is 4. The fourth-order valence-corrected chi connectivity index (χ4v) is 2.23.